The van der Waals surface area contributed by atoms with Crippen molar-refractivity contribution in [3.05, 3.63) is 35.6 Å². The Balaban J connectivity index is 1.51. The van der Waals surface area contributed by atoms with Crippen molar-refractivity contribution >= 4 is 16.9 Å². The number of nitrogens with one attached hydrogen (secondary N) is 1. The molecule has 0 spiro atoms. The second kappa shape index (κ2) is 4.69. The summed E-state index contributed by atoms with van der Waals surface area (Å²) in [6, 6.07) is 6.69. The number of thioether (sulfide) groups is 1. The van der Waals surface area contributed by atoms with E-state index in [4.69, 9.17) is 0 Å². The zero-order valence-corrected chi connectivity index (χ0v) is 10.3. The molecule has 17 heavy (non-hydrogen) atoms. The molecule has 0 radical (unpaired) electrons. The molecule has 2 nitrogen and oxygen atoms in total. The number of nitrogens with zero attached hydrogens (tertiary/aromatic N) is 1. The van der Waals surface area contributed by atoms with Crippen molar-refractivity contribution < 1.29 is 4.39 Å². The summed E-state index contributed by atoms with van der Waals surface area (Å²) in [4.78, 5) is 4.49. The maximum atomic E-state index is 13.0. The average molecular weight is 250 g/mol. The molecule has 1 N–H and O–H groups in total. The molecule has 1 aromatic carbocycles. The molecule has 4 heteroatoms. The first kappa shape index (κ1) is 11.1. The fraction of sp³-hybridized carbons (Fsp3) is 0.462. The Kier molecular flexibility index (Phi) is 3.05. The lowest BCUT2D eigenvalue weighted by Crippen LogP contribution is -2.19. The van der Waals surface area contributed by atoms with Gasteiger partial charge in [0.05, 0.1) is 6.54 Å². The fourth-order valence-electron chi connectivity index (χ4n) is 2.03. The van der Waals surface area contributed by atoms with Crippen molar-refractivity contribution in [2.45, 2.75) is 24.6 Å². The van der Waals surface area contributed by atoms with Crippen LogP contribution >= 0.6 is 11.8 Å². The van der Waals surface area contributed by atoms with Crippen LogP contribution in [0.4, 0.5) is 4.39 Å². The third-order valence-electron chi connectivity index (χ3n) is 3.16. The smallest absolute Gasteiger partial charge is 0.157 e. The van der Waals surface area contributed by atoms with E-state index in [0.29, 0.717) is 11.8 Å². The van der Waals surface area contributed by atoms with E-state index in [1.165, 1.54) is 18.9 Å². The molecule has 1 aliphatic carbocycles. The van der Waals surface area contributed by atoms with E-state index in [1.807, 2.05) is 17.8 Å². The molecule has 0 saturated heterocycles. The van der Waals surface area contributed by atoms with Crippen molar-refractivity contribution in [1.82, 2.24) is 5.32 Å². The van der Waals surface area contributed by atoms with Crippen LogP contribution in [0, 0.1) is 11.7 Å². The first-order valence-electron chi connectivity index (χ1n) is 6.01. The van der Waals surface area contributed by atoms with Gasteiger partial charge in [-0.25, -0.2) is 4.39 Å². The molecule has 1 unspecified atom stereocenters. The van der Waals surface area contributed by atoms with Gasteiger partial charge in [-0.3, -0.25) is 4.99 Å². The molecule has 2 aliphatic rings. The van der Waals surface area contributed by atoms with E-state index in [2.05, 4.69) is 10.3 Å². The second-order valence-electron chi connectivity index (χ2n) is 4.62. The number of aliphatic imine (C=N–C) groups is 1. The molecule has 1 aliphatic heterocycles. The van der Waals surface area contributed by atoms with Crippen molar-refractivity contribution in [1.29, 1.82) is 0 Å². The zero-order chi connectivity index (χ0) is 11.7. The van der Waals surface area contributed by atoms with E-state index in [9.17, 15) is 4.39 Å². The van der Waals surface area contributed by atoms with Gasteiger partial charge in [0, 0.05) is 11.8 Å². The van der Waals surface area contributed by atoms with Gasteiger partial charge in [0.15, 0.2) is 5.17 Å². The van der Waals surface area contributed by atoms with Crippen LogP contribution in [0.1, 0.15) is 18.4 Å². The zero-order valence-electron chi connectivity index (χ0n) is 9.53. The summed E-state index contributed by atoms with van der Waals surface area (Å²) < 4.78 is 13.0. The molecule has 1 fully saturated rings. The second-order valence-corrected chi connectivity index (χ2v) is 5.85. The summed E-state index contributed by atoms with van der Waals surface area (Å²) in [5.74, 6) is 0.707. The first-order chi connectivity index (χ1) is 8.31. The SMILES string of the molecule is Fc1cccc(CNC2=NCC(C3CC3)S2)c1. The third kappa shape index (κ3) is 2.80. The summed E-state index contributed by atoms with van der Waals surface area (Å²) in [6.45, 7) is 1.60. The minimum Gasteiger partial charge on any atom is -0.361 e. The standard InChI is InChI=1S/C13H15FN2S/c14-11-3-1-2-9(6-11)7-15-13-16-8-12(17-13)10-4-5-10/h1-3,6,10,12H,4-5,7-8H2,(H,15,16). The monoisotopic (exact) mass is 250 g/mol. The van der Waals surface area contributed by atoms with Gasteiger partial charge in [-0.15, -0.1) is 0 Å². The molecule has 0 amide bonds. The van der Waals surface area contributed by atoms with Gasteiger partial charge in [-0.05, 0) is 36.5 Å². The Morgan fingerprint density at radius 1 is 1.41 bits per heavy atom. The highest BCUT2D eigenvalue weighted by Gasteiger charge is 2.35. The number of halogens is 1. The van der Waals surface area contributed by atoms with Gasteiger partial charge in [-0.2, -0.15) is 0 Å². The number of hydrogen-bond donors (Lipinski definition) is 1. The van der Waals surface area contributed by atoms with Crippen LogP contribution < -0.4 is 5.32 Å². The van der Waals surface area contributed by atoms with Gasteiger partial charge in [0.2, 0.25) is 0 Å². The largest absolute Gasteiger partial charge is 0.361 e. The van der Waals surface area contributed by atoms with Crippen LogP contribution in [0.25, 0.3) is 0 Å². The quantitative estimate of drug-likeness (QED) is 0.892. The highest BCUT2D eigenvalue weighted by atomic mass is 32.2. The van der Waals surface area contributed by atoms with Crippen LogP contribution in [0.5, 0.6) is 0 Å². The maximum absolute atomic E-state index is 13.0. The third-order valence-corrected chi connectivity index (χ3v) is 4.49. The number of hydrogen-bond acceptors (Lipinski definition) is 3. The van der Waals surface area contributed by atoms with Crippen LogP contribution in [0.2, 0.25) is 0 Å². The Hall–Kier alpha value is -1.03. The molecule has 0 bridgehead atoms. The maximum Gasteiger partial charge on any atom is 0.157 e. The van der Waals surface area contributed by atoms with Gasteiger partial charge in [0.25, 0.3) is 0 Å². The lowest BCUT2D eigenvalue weighted by Gasteiger charge is -2.07. The summed E-state index contributed by atoms with van der Waals surface area (Å²) in [5.41, 5.74) is 0.961. The van der Waals surface area contributed by atoms with Crippen molar-refractivity contribution in [3.8, 4) is 0 Å². The summed E-state index contributed by atoms with van der Waals surface area (Å²) in [6.07, 6.45) is 2.73. The van der Waals surface area contributed by atoms with E-state index in [1.54, 1.807) is 12.1 Å². The molecule has 1 aromatic rings. The van der Waals surface area contributed by atoms with Crippen LogP contribution in [-0.4, -0.2) is 17.0 Å². The lowest BCUT2D eigenvalue weighted by molar-refractivity contribution is 0.625. The predicted octanol–water partition coefficient (Wildman–Crippen LogP) is 2.80. The predicted molar refractivity (Wildman–Crippen MR) is 69.6 cm³/mol. The van der Waals surface area contributed by atoms with Gasteiger partial charge < -0.3 is 5.32 Å². The highest BCUT2D eigenvalue weighted by Crippen LogP contribution is 2.41. The molecule has 1 heterocycles. The summed E-state index contributed by atoms with van der Waals surface area (Å²) in [5, 5.41) is 4.99. The van der Waals surface area contributed by atoms with Crippen molar-refractivity contribution in [2.24, 2.45) is 10.9 Å². The average Bonchev–Trinajstić information content (AvgIpc) is 3.07. The number of benzene rings is 1. The van der Waals surface area contributed by atoms with Crippen LogP contribution in [0.3, 0.4) is 0 Å². The van der Waals surface area contributed by atoms with Gasteiger partial charge in [-0.1, -0.05) is 23.9 Å². The molecule has 90 valence electrons. The molecule has 0 aromatic heterocycles. The van der Waals surface area contributed by atoms with E-state index in [0.717, 1.165) is 23.2 Å². The Morgan fingerprint density at radius 2 is 2.29 bits per heavy atom. The Labute approximate surface area is 105 Å². The minimum absolute atomic E-state index is 0.179. The highest BCUT2D eigenvalue weighted by molar-refractivity contribution is 8.14. The van der Waals surface area contributed by atoms with Gasteiger partial charge in [0.1, 0.15) is 5.82 Å². The Bertz CT molecular complexity index is 443. The number of rotatable bonds is 3. The molecule has 1 saturated carbocycles. The summed E-state index contributed by atoms with van der Waals surface area (Å²) >= 11 is 1.85. The topological polar surface area (TPSA) is 24.4 Å². The molecular weight excluding hydrogens is 235 g/mol. The lowest BCUT2D eigenvalue weighted by atomic mass is 10.2. The minimum atomic E-state index is -0.179. The van der Waals surface area contributed by atoms with Crippen LogP contribution in [0.15, 0.2) is 29.3 Å². The summed E-state index contributed by atoms with van der Waals surface area (Å²) in [7, 11) is 0. The van der Waals surface area contributed by atoms with Crippen molar-refractivity contribution in [2.75, 3.05) is 6.54 Å². The van der Waals surface area contributed by atoms with E-state index < -0.39 is 0 Å². The van der Waals surface area contributed by atoms with Crippen LogP contribution in [-0.2, 0) is 6.54 Å². The molecular formula is C13H15FN2S. The Morgan fingerprint density at radius 3 is 3.06 bits per heavy atom. The van der Waals surface area contributed by atoms with E-state index in [-0.39, 0.29) is 5.82 Å². The fourth-order valence-corrected chi connectivity index (χ4v) is 3.23. The molecule has 3 rings (SSSR count). The number of amidine groups is 1. The van der Waals surface area contributed by atoms with Gasteiger partial charge >= 0.3 is 0 Å². The first-order valence-corrected chi connectivity index (χ1v) is 6.88. The van der Waals surface area contributed by atoms with E-state index >= 15 is 0 Å². The molecule has 1 atom stereocenters. The van der Waals surface area contributed by atoms with Crippen molar-refractivity contribution in [3.63, 3.8) is 0 Å². The normalized spacial score (nSPS) is 23.6.